The lowest BCUT2D eigenvalue weighted by molar-refractivity contribution is 0.0483. The monoisotopic (exact) mass is 1860 g/mol. The van der Waals surface area contributed by atoms with Crippen molar-refractivity contribution in [2.45, 2.75) is 216 Å². The topological polar surface area (TPSA) is 134 Å². The van der Waals surface area contributed by atoms with Crippen LogP contribution in [-0.2, 0) is 46.7 Å². The van der Waals surface area contributed by atoms with Crippen LogP contribution in [0.3, 0.4) is 0 Å². The van der Waals surface area contributed by atoms with Crippen molar-refractivity contribution in [2.75, 3.05) is 59.5 Å². The third-order valence-electron chi connectivity index (χ3n) is 22.9. The summed E-state index contributed by atoms with van der Waals surface area (Å²) in [5.74, 6) is 81.0. The van der Waals surface area contributed by atoms with Gasteiger partial charge in [0.2, 0.25) is 0 Å². The Bertz CT molecular complexity index is 6700. The predicted molar refractivity (Wildman–Crippen MR) is 562 cm³/mol. The normalized spacial score (nSPS) is 13.3. The van der Waals surface area contributed by atoms with Crippen LogP contribution in [0.2, 0.25) is 0 Å². The Balaban J connectivity index is 1.06. The summed E-state index contributed by atoms with van der Waals surface area (Å²) in [6.45, 7) is 45.5. The van der Waals surface area contributed by atoms with Crippen LogP contribution < -0.4 is 28.4 Å². The molecular formula is C129H120O12. The highest BCUT2D eigenvalue weighted by molar-refractivity contribution is 6.00. The second kappa shape index (κ2) is 45.6. The fourth-order valence-electron chi connectivity index (χ4n) is 14.8. The molecule has 0 spiro atoms. The molecule has 3 aliphatic heterocycles. The number of esters is 3. The Morgan fingerprint density at radius 2 is 0.390 bits per heavy atom. The van der Waals surface area contributed by atoms with Crippen LogP contribution in [0.15, 0.2) is 164 Å². The first-order chi connectivity index (χ1) is 67.2. The number of carbonyl (C=O) groups is 3. The lowest BCUT2D eigenvalue weighted by Gasteiger charge is -2.19. The first-order valence-corrected chi connectivity index (χ1v) is 48.3. The van der Waals surface area contributed by atoms with Gasteiger partial charge in [-0.15, -0.1) is 0 Å². The van der Waals surface area contributed by atoms with Crippen molar-refractivity contribution in [3.05, 3.63) is 314 Å². The van der Waals surface area contributed by atoms with Crippen molar-refractivity contribution >= 4 is 17.9 Å². The molecule has 10 aromatic rings. The summed E-state index contributed by atoms with van der Waals surface area (Å²) in [4.78, 5) is 44.1. The van der Waals surface area contributed by atoms with Gasteiger partial charge in [0.15, 0.2) is 0 Å². The van der Waals surface area contributed by atoms with Crippen LogP contribution in [0.25, 0.3) is 0 Å². The van der Waals surface area contributed by atoms with Crippen LogP contribution in [0.1, 0.15) is 349 Å². The molecule has 0 saturated carbocycles. The molecule has 0 amide bonds. The van der Waals surface area contributed by atoms with Gasteiger partial charge in [0.25, 0.3) is 0 Å². The number of ether oxygens (including phenoxy) is 9. The molecule has 0 N–H and O–H groups in total. The molecule has 0 radical (unpaired) electrons. The van der Waals surface area contributed by atoms with E-state index < -0.39 is 17.9 Å². The molecule has 13 rings (SSSR count). The lowest BCUT2D eigenvalue weighted by Crippen LogP contribution is -2.16. The summed E-state index contributed by atoms with van der Waals surface area (Å²) in [6, 6.07) is 51.7. The Labute approximate surface area is 836 Å². The first-order valence-electron chi connectivity index (χ1n) is 48.3. The van der Waals surface area contributed by atoms with Gasteiger partial charge in [0.05, 0.1) is 110 Å². The number of carbonyl (C=O) groups excluding carboxylic acids is 3. The van der Waals surface area contributed by atoms with Crippen molar-refractivity contribution in [1.82, 2.24) is 0 Å². The third kappa shape index (κ3) is 29.4. The number of fused-ring (bicyclic) bond motifs is 30. The molecule has 21 bridgehead atoms. The van der Waals surface area contributed by atoms with Crippen LogP contribution in [-0.4, -0.2) is 77.4 Å². The maximum absolute atomic E-state index is 14.7. The number of benzene rings is 10. The van der Waals surface area contributed by atoms with Gasteiger partial charge >= 0.3 is 17.9 Å². The van der Waals surface area contributed by atoms with Gasteiger partial charge in [0, 0.05) is 122 Å². The van der Waals surface area contributed by atoms with Gasteiger partial charge in [-0.2, -0.15) is 0 Å². The summed E-state index contributed by atoms with van der Waals surface area (Å²) in [5, 5.41) is 0. The maximum Gasteiger partial charge on any atom is 0.338 e. The van der Waals surface area contributed by atoms with E-state index in [9.17, 15) is 14.4 Å². The van der Waals surface area contributed by atoms with Crippen molar-refractivity contribution in [1.29, 1.82) is 0 Å². The van der Waals surface area contributed by atoms with Crippen LogP contribution in [0.4, 0.5) is 0 Å². The van der Waals surface area contributed by atoms with E-state index in [2.05, 4.69) is 340 Å². The van der Waals surface area contributed by atoms with Crippen molar-refractivity contribution in [2.24, 2.45) is 0 Å². The second-order valence-corrected chi connectivity index (χ2v) is 41.2. The zero-order valence-corrected chi connectivity index (χ0v) is 85.1. The molecule has 12 heteroatoms. The third-order valence-corrected chi connectivity index (χ3v) is 22.9. The molecule has 0 aliphatic carbocycles. The van der Waals surface area contributed by atoms with Gasteiger partial charge in [-0.25, -0.2) is 14.4 Å². The standard InChI is InChI=1S/C129H120O12/c1-22-52-133-115-82-103-49-43-97-64-91(70-112(76-97)127(13,14)15)37-29-26-35-89-62-95(74-110(68-89)125(7,8)9)41-47-101-86-120-105(84-117(101)135-54-24-3)51-45-99-66-93(72-114(78-99)129(19,20)21)39-30-27-36-90-63-96(75-111(69-90)126(10,11)12)42-48-102-87-119-104(83-116(102)134-53-23-2)50-44-98-65-92(71-113(77-98)128(16,17)18)38-28-25-34-88-61-94(73-109(67-88)124(4,5)6)40-46-100(115)85-118(103)136-55-31-58-139-121(130)106-79-107(122(131)140-59-32-56-137-119)81-108(80-106)123(132)141-60-33-57-138-120/h61-87H,22-24,31-33,52-60H2,1-21H3. The summed E-state index contributed by atoms with van der Waals surface area (Å²) in [5.41, 5.74) is 15.4. The molecule has 0 fully saturated rings. The minimum Gasteiger partial charge on any atom is -0.492 e. The van der Waals surface area contributed by atoms with Crippen molar-refractivity contribution < 1.29 is 57.0 Å². The fourth-order valence-corrected chi connectivity index (χ4v) is 14.8. The van der Waals surface area contributed by atoms with Gasteiger partial charge in [-0.3, -0.25) is 0 Å². The molecule has 708 valence electrons. The maximum atomic E-state index is 14.7. The quantitative estimate of drug-likeness (QED) is 0.0773. The van der Waals surface area contributed by atoms with Gasteiger partial charge in [-0.05, 0) is 248 Å². The Morgan fingerprint density at radius 1 is 0.213 bits per heavy atom. The summed E-state index contributed by atoms with van der Waals surface area (Å²) < 4.78 is 58.1. The minimum atomic E-state index is -0.834. The van der Waals surface area contributed by atoms with E-state index in [1.54, 1.807) is 0 Å². The summed E-state index contributed by atoms with van der Waals surface area (Å²) in [6.07, 6.45) is 2.64. The van der Waals surface area contributed by atoms with Crippen LogP contribution >= 0.6 is 0 Å². The molecule has 0 aromatic heterocycles. The van der Waals surface area contributed by atoms with E-state index in [4.69, 9.17) is 42.6 Å². The van der Waals surface area contributed by atoms with Gasteiger partial charge in [-0.1, -0.05) is 252 Å². The van der Waals surface area contributed by atoms with E-state index >= 15 is 0 Å². The molecule has 12 nitrogen and oxygen atoms in total. The highest BCUT2D eigenvalue weighted by Gasteiger charge is 2.26. The highest BCUT2D eigenvalue weighted by atomic mass is 16.5. The van der Waals surface area contributed by atoms with E-state index in [0.29, 0.717) is 157 Å². The molecule has 3 heterocycles. The molecule has 0 unspecified atom stereocenters. The zero-order chi connectivity index (χ0) is 101. The van der Waals surface area contributed by atoms with Gasteiger partial charge in [0.1, 0.15) is 34.5 Å². The SMILES string of the molecule is CCCOc1cc2c3cc1C#Cc1cc(cc(C(C)(C)C)c1)C#CC#Cc1cc(cc(C(C)(C)C)c1)C#Cc1cc(OCCC)c4cc1OCCCOC(=O)c1cc(cc(c1)C(=O)OCCCOc1cc(c(OCCC)cc1C#Cc1cc(cc(C(C)(C)C)c1)C#CC#Cc1cc(cc(C(C)(C)C)c1)C#C4)C#Cc1cc(cc(C(C)(C)C)c1)C#CC#Cc1cc(cc(C(C)(C)C)c1)C#C2)C(=O)OCCCO3. The first kappa shape index (κ1) is 103. The highest BCUT2D eigenvalue weighted by Crippen LogP contribution is 2.37. The number of rotatable bonds is 9. The van der Waals surface area contributed by atoms with Crippen molar-refractivity contribution in [3.63, 3.8) is 0 Å². The molecule has 141 heavy (non-hydrogen) atoms. The average Bonchev–Trinajstić information content (AvgIpc) is 0.791. The smallest absolute Gasteiger partial charge is 0.338 e. The van der Waals surface area contributed by atoms with Gasteiger partial charge < -0.3 is 42.6 Å². The van der Waals surface area contributed by atoms with E-state index in [1.807, 2.05) is 93.6 Å². The molecule has 10 aromatic carbocycles. The Hall–Kier alpha value is -15.9. The molecule has 3 aliphatic rings. The van der Waals surface area contributed by atoms with E-state index in [1.165, 1.54) is 18.2 Å². The Morgan fingerprint density at radius 3 is 0.574 bits per heavy atom. The zero-order valence-electron chi connectivity index (χ0n) is 85.1. The van der Waals surface area contributed by atoms with Crippen LogP contribution in [0.5, 0.6) is 34.5 Å². The van der Waals surface area contributed by atoms with Crippen LogP contribution in [0, 0.1) is 142 Å². The summed E-state index contributed by atoms with van der Waals surface area (Å²) >= 11 is 0. The van der Waals surface area contributed by atoms with Crippen molar-refractivity contribution in [3.8, 4) is 177 Å². The molecule has 0 atom stereocenters. The number of hydrogen-bond donors (Lipinski definition) is 0. The summed E-state index contributed by atoms with van der Waals surface area (Å²) in [7, 11) is 0. The Kier molecular flexibility index (Phi) is 33.2. The molecular weight excluding hydrogens is 1740 g/mol. The minimum absolute atomic E-state index is 0.0303. The predicted octanol–water partition coefficient (Wildman–Crippen LogP) is 24.3. The lowest BCUT2D eigenvalue weighted by atomic mass is 9.85. The molecule has 0 saturated heterocycles. The second-order valence-electron chi connectivity index (χ2n) is 41.2. The number of hydrogen-bond acceptors (Lipinski definition) is 12. The van der Waals surface area contributed by atoms with E-state index in [0.717, 1.165) is 50.1 Å². The fraction of sp³-hybridized carbons (Fsp3) is 0.326. The average molecular weight is 1860 g/mol. The largest absolute Gasteiger partial charge is 0.492 e. The van der Waals surface area contributed by atoms with E-state index in [-0.39, 0.29) is 108 Å².